The maximum absolute atomic E-state index is 13.9. The fourth-order valence-corrected chi connectivity index (χ4v) is 9.06. The van der Waals surface area contributed by atoms with E-state index in [0.29, 0.717) is 17.7 Å². The van der Waals surface area contributed by atoms with Gasteiger partial charge in [-0.3, -0.25) is 9.79 Å². The lowest BCUT2D eigenvalue weighted by molar-refractivity contribution is -0.0600. The van der Waals surface area contributed by atoms with Crippen LogP contribution in [-0.2, 0) is 0 Å². The van der Waals surface area contributed by atoms with Crippen LogP contribution in [-0.4, -0.2) is 25.3 Å². The summed E-state index contributed by atoms with van der Waals surface area (Å²) in [6.07, 6.45) is 9.52. The number of aliphatic imine (C=N–C) groups is 1. The normalized spacial score (nSPS) is 30.9. The van der Waals surface area contributed by atoms with Crippen molar-refractivity contribution in [3.63, 3.8) is 0 Å². The summed E-state index contributed by atoms with van der Waals surface area (Å²) in [5.74, 6) is 7.88. The zero-order valence-electron chi connectivity index (χ0n) is 19.6. The molecule has 6 heteroatoms. The standard InChI is InChI=1S/C27H33N3OS2/c1-3-5-19-7-8-21(32-19)22-9-10-23(33-22)24(31)20-12-15-26(17-30-25(28)29-2)14-11-18-6-4-13-27(18,20)16-26/h7-10,18,20H,4,6,11-17H2,1-2H3,(H3,28,29,30)/t18-,20-,26-,27-/m0/s1. The molecule has 1 spiro atoms. The smallest absolute Gasteiger partial charge is 0.188 e. The Labute approximate surface area is 205 Å². The van der Waals surface area contributed by atoms with Crippen LogP contribution >= 0.6 is 22.7 Å². The second kappa shape index (κ2) is 8.92. The van der Waals surface area contributed by atoms with Crippen LogP contribution in [0.2, 0.25) is 0 Å². The van der Waals surface area contributed by atoms with Gasteiger partial charge in [0.15, 0.2) is 11.7 Å². The van der Waals surface area contributed by atoms with Gasteiger partial charge in [0.25, 0.3) is 0 Å². The van der Waals surface area contributed by atoms with Crippen molar-refractivity contribution in [3.8, 4) is 21.6 Å². The minimum absolute atomic E-state index is 0.159. The highest BCUT2D eigenvalue weighted by Crippen LogP contribution is 2.66. The molecule has 3 aliphatic rings. The van der Waals surface area contributed by atoms with Crippen LogP contribution in [0.5, 0.6) is 0 Å². The minimum atomic E-state index is 0.159. The third-order valence-corrected chi connectivity index (χ3v) is 10.8. The first-order valence-electron chi connectivity index (χ1n) is 12.1. The average molecular weight is 480 g/mol. The van der Waals surface area contributed by atoms with Gasteiger partial charge in [0.1, 0.15) is 0 Å². The monoisotopic (exact) mass is 479 g/mol. The average Bonchev–Trinajstić information content (AvgIpc) is 3.57. The molecule has 2 aromatic heterocycles. The predicted octanol–water partition coefficient (Wildman–Crippen LogP) is 5.93. The summed E-state index contributed by atoms with van der Waals surface area (Å²) in [6, 6.07) is 8.40. The molecule has 4 nitrogen and oxygen atoms in total. The zero-order chi connectivity index (χ0) is 23.1. The van der Waals surface area contributed by atoms with E-state index in [1.54, 1.807) is 29.7 Å². The first-order valence-corrected chi connectivity index (χ1v) is 13.8. The molecular formula is C27H33N3OS2. The van der Waals surface area contributed by atoms with E-state index < -0.39 is 0 Å². The molecule has 3 fully saturated rings. The number of rotatable bonds is 5. The van der Waals surface area contributed by atoms with E-state index in [0.717, 1.165) is 35.6 Å². The molecule has 33 heavy (non-hydrogen) atoms. The van der Waals surface area contributed by atoms with Crippen molar-refractivity contribution >= 4 is 34.4 Å². The maximum atomic E-state index is 13.9. The molecule has 0 saturated heterocycles. The molecule has 4 atom stereocenters. The maximum Gasteiger partial charge on any atom is 0.188 e. The highest BCUT2D eigenvalue weighted by Gasteiger charge is 2.60. The number of nitrogens with zero attached hydrogens (tertiary/aromatic N) is 1. The van der Waals surface area contributed by atoms with Crippen LogP contribution in [0.15, 0.2) is 29.3 Å². The lowest BCUT2D eigenvalue weighted by Gasteiger charge is -2.57. The summed E-state index contributed by atoms with van der Waals surface area (Å²) < 4.78 is 0. The molecule has 5 rings (SSSR count). The Hall–Kier alpha value is -2.10. The molecule has 0 unspecified atom stereocenters. The fourth-order valence-electron chi connectivity index (χ4n) is 7.06. The number of thiophene rings is 2. The first kappa shape index (κ1) is 22.7. The van der Waals surface area contributed by atoms with Gasteiger partial charge in [-0.2, -0.15) is 0 Å². The number of ketones is 1. The van der Waals surface area contributed by atoms with Crippen LogP contribution in [0.1, 0.15) is 72.8 Å². The predicted molar refractivity (Wildman–Crippen MR) is 139 cm³/mol. The van der Waals surface area contributed by atoms with E-state index in [4.69, 9.17) is 5.73 Å². The number of guanidine groups is 1. The van der Waals surface area contributed by atoms with E-state index in [1.165, 1.54) is 41.9 Å². The molecule has 0 radical (unpaired) electrons. The highest BCUT2D eigenvalue weighted by atomic mass is 32.1. The number of hydrogen-bond donors (Lipinski definition) is 2. The van der Waals surface area contributed by atoms with E-state index in [9.17, 15) is 4.79 Å². The summed E-state index contributed by atoms with van der Waals surface area (Å²) in [5.41, 5.74) is 6.38. The van der Waals surface area contributed by atoms with Gasteiger partial charge >= 0.3 is 0 Å². The lowest BCUT2D eigenvalue weighted by atomic mass is 9.47. The van der Waals surface area contributed by atoms with E-state index in [2.05, 4.69) is 46.4 Å². The Kier molecular flexibility index (Phi) is 6.13. The zero-order valence-corrected chi connectivity index (χ0v) is 21.2. The van der Waals surface area contributed by atoms with E-state index in [-0.39, 0.29) is 16.7 Å². The van der Waals surface area contributed by atoms with Crippen molar-refractivity contribution in [1.29, 1.82) is 0 Å². The molecule has 2 aromatic rings. The van der Waals surface area contributed by atoms with Crippen LogP contribution in [0.4, 0.5) is 0 Å². The molecule has 0 amide bonds. The molecule has 3 N–H and O–H groups in total. The summed E-state index contributed by atoms with van der Waals surface area (Å²) in [4.78, 5) is 22.4. The number of fused-ring (bicyclic) bond motifs is 1. The van der Waals surface area contributed by atoms with Crippen molar-refractivity contribution < 1.29 is 4.79 Å². The van der Waals surface area contributed by atoms with Gasteiger partial charge < -0.3 is 11.1 Å². The molecule has 0 aliphatic heterocycles. The molecule has 3 saturated carbocycles. The second-order valence-electron chi connectivity index (χ2n) is 10.2. The molecular weight excluding hydrogens is 446 g/mol. The Morgan fingerprint density at radius 3 is 2.76 bits per heavy atom. The number of carbonyl (C=O) groups excluding carboxylic acids is 1. The lowest BCUT2D eigenvalue weighted by Crippen LogP contribution is -2.54. The van der Waals surface area contributed by atoms with E-state index in [1.807, 2.05) is 6.92 Å². The van der Waals surface area contributed by atoms with Crippen molar-refractivity contribution in [2.24, 2.45) is 33.4 Å². The second-order valence-corrected chi connectivity index (χ2v) is 12.3. The molecule has 3 aliphatic carbocycles. The van der Waals surface area contributed by atoms with Gasteiger partial charge in [0, 0.05) is 29.3 Å². The Bertz CT molecular complexity index is 1140. The Morgan fingerprint density at radius 1 is 1.15 bits per heavy atom. The van der Waals surface area contributed by atoms with Gasteiger partial charge in [-0.05, 0) is 92.9 Å². The van der Waals surface area contributed by atoms with Crippen molar-refractivity contribution in [1.82, 2.24) is 5.32 Å². The molecule has 2 bridgehead atoms. The number of nitrogens with one attached hydrogen (secondary N) is 1. The van der Waals surface area contributed by atoms with Crippen molar-refractivity contribution in [3.05, 3.63) is 34.0 Å². The van der Waals surface area contributed by atoms with Crippen LogP contribution in [0, 0.1) is 34.5 Å². The van der Waals surface area contributed by atoms with E-state index >= 15 is 0 Å². The third-order valence-electron chi connectivity index (χ3n) is 8.54. The van der Waals surface area contributed by atoms with Crippen LogP contribution in [0.25, 0.3) is 9.75 Å². The fraction of sp³-hybridized carbons (Fsp3) is 0.556. The van der Waals surface area contributed by atoms with Gasteiger partial charge in [-0.15, -0.1) is 28.6 Å². The van der Waals surface area contributed by atoms with Crippen molar-refractivity contribution in [2.45, 2.75) is 58.3 Å². The summed E-state index contributed by atoms with van der Waals surface area (Å²) in [5, 5.41) is 3.37. The van der Waals surface area contributed by atoms with Crippen LogP contribution in [0.3, 0.4) is 0 Å². The largest absolute Gasteiger partial charge is 0.370 e. The quantitative estimate of drug-likeness (QED) is 0.242. The first-order chi connectivity index (χ1) is 16.0. The summed E-state index contributed by atoms with van der Waals surface area (Å²) >= 11 is 3.37. The van der Waals surface area contributed by atoms with Gasteiger partial charge in [0.05, 0.1) is 9.75 Å². The molecule has 174 valence electrons. The number of hydrogen-bond acceptors (Lipinski definition) is 4. The number of carbonyl (C=O) groups is 1. The number of Topliss-reactive ketones (excluding diaryl/α,β-unsaturated/α-hetero) is 1. The highest BCUT2D eigenvalue weighted by molar-refractivity contribution is 7.23. The Morgan fingerprint density at radius 2 is 1.94 bits per heavy atom. The minimum Gasteiger partial charge on any atom is -0.370 e. The summed E-state index contributed by atoms with van der Waals surface area (Å²) in [7, 11) is 1.73. The summed E-state index contributed by atoms with van der Waals surface area (Å²) in [6.45, 7) is 2.75. The van der Waals surface area contributed by atoms with Gasteiger partial charge in [-0.25, -0.2) is 0 Å². The van der Waals surface area contributed by atoms with Crippen molar-refractivity contribution in [2.75, 3.05) is 13.6 Å². The topological polar surface area (TPSA) is 67.5 Å². The third kappa shape index (κ3) is 4.04. The van der Waals surface area contributed by atoms with Crippen LogP contribution < -0.4 is 11.1 Å². The Balaban J connectivity index is 1.39. The number of nitrogens with two attached hydrogens (primary N) is 1. The molecule has 0 aromatic carbocycles. The van der Waals surface area contributed by atoms with Gasteiger partial charge in [0.2, 0.25) is 0 Å². The van der Waals surface area contributed by atoms with Gasteiger partial charge in [-0.1, -0.05) is 12.3 Å². The molecule has 2 heterocycles. The SMILES string of the molecule is CC#Cc1ccc(-c2ccc(C(=O)[C@@H]3CC[C@@]4(CNC(N)=NC)CC[C@@H]5CCC[C@]53C4)s2)s1.